The molecule has 0 aliphatic carbocycles. The number of anilines is 1. The molecule has 34 heavy (non-hydrogen) atoms. The van der Waals surface area contributed by atoms with E-state index in [0.717, 1.165) is 5.69 Å². The van der Waals surface area contributed by atoms with E-state index >= 15 is 0 Å². The van der Waals surface area contributed by atoms with Crippen molar-refractivity contribution in [3.05, 3.63) is 94.1 Å². The molecule has 0 radical (unpaired) electrons. The van der Waals surface area contributed by atoms with E-state index in [4.69, 9.17) is 16.3 Å². The molecule has 0 bridgehead atoms. The largest absolute Gasteiger partial charge is 0.482 e. The number of thioether (sulfide) groups is 1. The van der Waals surface area contributed by atoms with Crippen LogP contribution in [0.5, 0.6) is 5.75 Å². The number of nitrogens with one attached hydrogen (secondary N) is 1. The summed E-state index contributed by atoms with van der Waals surface area (Å²) in [4.78, 5) is 31.2. The maximum Gasteiger partial charge on any atom is 0.266 e. The average molecular weight is 496 g/mol. The smallest absolute Gasteiger partial charge is 0.266 e. The second-order valence-corrected chi connectivity index (χ2v) is 8.63. The van der Waals surface area contributed by atoms with Crippen LogP contribution in [-0.2, 0) is 9.59 Å². The van der Waals surface area contributed by atoms with Gasteiger partial charge in [0, 0.05) is 7.05 Å². The average Bonchev–Trinajstić information content (AvgIpc) is 3.08. The number of carbonyl (C=O) groups is 2. The molecule has 4 rings (SSSR count). The minimum Gasteiger partial charge on any atom is -0.482 e. The van der Waals surface area contributed by atoms with Crippen molar-refractivity contribution in [1.29, 1.82) is 0 Å². The summed E-state index contributed by atoms with van der Waals surface area (Å²) in [5.74, 6) is -0.927. The Morgan fingerprint density at radius 3 is 2.62 bits per heavy atom. The van der Waals surface area contributed by atoms with E-state index in [1.807, 2.05) is 30.3 Å². The Kier molecular flexibility index (Phi) is 7.30. The van der Waals surface area contributed by atoms with Crippen LogP contribution >= 0.6 is 23.4 Å². The number of amidine groups is 1. The molecule has 6 nitrogen and oxygen atoms in total. The molecule has 9 heteroatoms. The van der Waals surface area contributed by atoms with Crippen LogP contribution in [0.25, 0.3) is 6.08 Å². The van der Waals surface area contributed by atoms with Gasteiger partial charge in [0.15, 0.2) is 11.8 Å². The van der Waals surface area contributed by atoms with Gasteiger partial charge in [-0.25, -0.2) is 9.38 Å². The van der Waals surface area contributed by atoms with Gasteiger partial charge < -0.3 is 10.1 Å². The van der Waals surface area contributed by atoms with Crippen LogP contribution < -0.4 is 10.1 Å². The van der Waals surface area contributed by atoms with Gasteiger partial charge in [-0.15, -0.1) is 0 Å². The number of rotatable bonds is 6. The van der Waals surface area contributed by atoms with Crippen molar-refractivity contribution < 1.29 is 18.7 Å². The lowest BCUT2D eigenvalue weighted by Crippen LogP contribution is -2.23. The molecular weight excluding hydrogens is 477 g/mol. The van der Waals surface area contributed by atoms with Gasteiger partial charge in [-0.05, 0) is 59.8 Å². The van der Waals surface area contributed by atoms with Crippen LogP contribution in [0.15, 0.2) is 82.7 Å². The molecule has 172 valence electrons. The molecule has 1 aliphatic rings. The fourth-order valence-electron chi connectivity index (χ4n) is 3.03. The molecular formula is C25H19ClFN3O3S. The normalized spacial score (nSPS) is 15.7. The summed E-state index contributed by atoms with van der Waals surface area (Å²) in [5, 5.41) is 3.29. The summed E-state index contributed by atoms with van der Waals surface area (Å²) >= 11 is 7.59. The minimum atomic E-state index is -0.534. The summed E-state index contributed by atoms with van der Waals surface area (Å²) < 4.78 is 19.1. The number of benzene rings is 3. The molecule has 1 fully saturated rings. The minimum absolute atomic E-state index is 0.0723. The number of carbonyl (C=O) groups excluding carboxylic acids is 2. The van der Waals surface area contributed by atoms with E-state index in [1.54, 1.807) is 37.4 Å². The summed E-state index contributed by atoms with van der Waals surface area (Å²) in [7, 11) is 1.67. The van der Waals surface area contributed by atoms with E-state index in [2.05, 4.69) is 10.3 Å². The highest BCUT2D eigenvalue weighted by atomic mass is 35.5. The highest BCUT2D eigenvalue weighted by Gasteiger charge is 2.30. The second-order valence-electron chi connectivity index (χ2n) is 7.21. The highest BCUT2D eigenvalue weighted by Crippen LogP contribution is 2.34. The van der Waals surface area contributed by atoms with Gasteiger partial charge in [0.1, 0.15) is 11.6 Å². The number of likely N-dealkylation sites (N-methyl/N-ethyl adjacent to an activating group) is 1. The Labute approximate surface area is 205 Å². The lowest BCUT2D eigenvalue weighted by Gasteiger charge is -2.10. The first-order chi connectivity index (χ1) is 16.4. The van der Waals surface area contributed by atoms with Gasteiger partial charge in [0.2, 0.25) is 0 Å². The Balaban J connectivity index is 1.42. The van der Waals surface area contributed by atoms with Crippen LogP contribution in [0.3, 0.4) is 0 Å². The molecule has 0 unspecified atom stereocenters. The first-order valence-electron chi connectivity index (χ1n) is 10.2. The van der Waals surface area contributed by atoms with E-state index in [0.29, 0.717) is 21.4 Å². The summed E-state index contributed by atoms with van der Waals surface area (Å²) in [5.41, 5.74) is 1.52. The van der Waals surface area contributed by atoms with Crippen molar-refractivity contribution in [3.8, 4) is 5.75 Å². The third-order valence-corrected chi connectivity index (χ3v) is 6.10. The van der Waals surface area contributed by atoms with Crippen LogP contribution in [0.2, 0.25) is 5.02 Å². The number of amides is 2. The number of nitrogens with zero attached hydrogens (tertiary/aromatic N) is 2. The molecule has 0 spiro atoms. The molecule has 1 saturated heterocycles. The monoisotopic (exact) mass is 495 g/mol. The van der Waals surface area contributed by atoms with Gasteiger partial charge in [-0.2, -0.15) is 0 Å². The summed E-state index contributed by atoms with van der Waals surface area (Å²) in [6.07, 6.45) is 1.72. The number of ether oxygens (including phenoxy) is 1. The Bertz CT molecular complexity index is 1300. The fourth-order valence-corrected chi connectivity index (χ4v) is 4.26. The predicted molar refractivity (Wildman–Crippen MR) is 134 cm³/mol. The fraction of sp³-hybridized carbons (Fsp3) is 0.0800. The first-order valence-corrected chi connectivity index (χ1v) is 11.4. The molecule has 1 heterocycles. The Morgan fingerprint density at radius 1 is 1.15 bits per heavy atom. The van der Waals surface area contributed by atoms with E-state index in [1.165, 1.54) is 34.9 Å². The van der Waals surface area contributed by atoms with Gasteiger partial charge in [-0.3, -0.25) is 14.5 Å². The molecule has 1 N–H and O–H groups in total. The number of hydrogen-bond donors (Lipinski definition) is 1. The number of hydrogen-bond acceptors (Lipinski definition) is 5. The third kappa shape index (κ3) is 5.65. The van der Waals surface area contributed by atoms with E-state index in [-0.39, 0.29) is 23.2 Å². The zero-order valence-corrected chi connectivity index (χ0v) is 19.6. The highest BCUT2D eigenvalue weighted by molar-refractivity contribution is 8.18. The Hall–Kier alpha value is -3.62. The summed E-state index contributed by atoms with van der Waals surface area (Å²) in [6.45, 7) is -0.340. The van der Waals surface area contributed by atoms with Gasteiger partial charge in [0.05, 0.1) is 21.3 Å². The van der Waals surface area contributed by atoms with E-state index < -0.39 is 11.7 Å². The Morgan fingerprint density at radius 2 is 1.88 bits per heavy atom. The first kappa shape index (κ1) is 23.5. The third-order valence-electron chi connectivity index (χ3n) is 4.74. The van der Waals surface area contributed by atoms with E-state index in [9.17, 15) is 14.0 Å². The number of aliphatic imine (C=N–C) groups is 1. The van der Waals surface area contributed by atoms with Crippen molar-refractivity contribution in [2.45, 2.75) is 0 Å². The molecule has 3 aromatic rings. The van der Waals surface area contributed by atoms with Gasteiger partial charge in [0.25, 0.3) is 11.8 Å². The topological polar surface area (TPSA) is 71.0 Å². The standard InChI is InChI=1S/C25H19ClFN3O3S/c1-30-24(32)22(34-25(30)28-17-7-3-2-4-8-17)14-16-11-12-21(18(26)13-16)33-15-23(31)29-20-10-6-5-9-19(20)27/h2-14H,15H2,1H3,(H,29,31). The molecule has 0 saturated carbocycles. The predicted octanol–water partition coefficient (Wildman–Crippen LogP) is 5.73. The SMILES string of the molecule is CN1C(=O)C(=Cc2ccc(OCC(=O)Nc3ccccc3F)c(Cl)c2)SC1=Nc1ccccc1. The zero-order chi connectivity index (χ0) is 24.1. The lowest BCUT2D eigenvalue weighted by atomic mass is 10.2. The summed E-state index contributed by atoms with van der Waals surface area (Å²) in [6, 6.07) is 20.2. The molecule has 3 aromatic carbocycles. The number of halogens is 2. The van der Waals surface area contributed by atoms with Crippen LogP contribution in [0.4, 0.5) is 15.8 Å². The van der Waals surface area contributed by atoms with Crippen molar-refractivity contribution in [3.63, 3.8) is 0 Å². The maximum atomic E-state index is 13.7. The molecule has 0 atom stereocenters. The van der Waals surface area contributed by atoms with Crippen LogP contribution in [0.1, 0.15) is 5.56 Å². The maximum absolute atomic E-state index is 13.7. The quantitative estimate of drug-likeness (QED) is 0.443. The second kappa shape index (κ2) is 10.5. The zero-order valence-electron chi connectivity index (χ0n) is 18.0. The van der Waals surface area contributed by atoms with Gasteiger partial charge in [-0.1, -0.05) is 48.0 Å². The number of para-hydroxylation sites is 2. The van der Waals surface area contributed by atoms with Crippen LogP contribution in [0, 0.1) is 5.82 Å². The van der Waals surface area contributed by atoms with Crippen molar-refractivity contribution >= 4 is 57.8 Å². The molecule has 1 aliphatic heterocycles. The van der Waals surface area contributed by atoms with Crippen molar-refractivity contribution in [2.75, 3.05) is 19.0 Å². The lowest BCUT2D eigenvalue weighted by molar-refractivity contribution is -0.121. The van der Waals surface area contributed by atoms with Gasteiger partial charge >= 0.3 is 0 Å². The van der Waals surface area contributed by atoms with Crippen LogP contribution in [-0.4, -0.2) is 35.5 Å². The molecule has 2 amide bonds. The van der Waals surface area contributed by atoms with Crippen molar-refractivity contribution in [1.82, 2.24) is 4.90 Å². The molecule has 0 aromatic heterocycles. The van der Waals surface area contributed by atoms with Crippen molar-refractivity contribution in [2.24, 2.45) is 4.99 Å².